The second-order valence-corrected chi connectivity index (χ2v) is 8.92. The Bertz CT molecular complexity index is 1560. The van der Waals surface area contributed by atoms with Gasteiger partial charge in [0.25, 0.3) is 0 Å². The molecule has 5 aromatic rings. The molecule has 190 valence electrons. The number of benzene rings is 4. The summed E-state index contributed by atoms with van der Waals surface area (Å²) >= 11 is 0. The molecule has 5 rings (SSSR count). The largest absolute Gasteiger partial charge is 0.493 e. The van der Waals surface area contributed by atoms with E-state index in [9.17, 15) is 9.18 Å². The molecule has 0 aliphatic rings. The van der Waals surface area contributed by atoms with Gasteiger partial charge >= 0.3 is 0 Å². The number of amides is 1. The van der Waals surface area contributed by atoms with Gasteiger partial charge < -0.3 is 15.2 Å². The highest BCUT2D eigenvalue weighted by atomic mass is 19.1. The van der Waals surface area contributed by atoms with Crippen molar-refractivity contribution in [2.24, 2.45) is 5.73 Å². The number of nitrogens with two attached hydrogens (primary N) is 1. The number of hydrogen-bond donors (Lipinski definition) is 1. The van der Waals surface area contributed by atoms with Gasteiger partial charge in [0.2, 0.25) is 5.91 Å². The molecule has 38 heavy (non-hydrogen) atoms. The summed E-state index contributed by atoms with van der Waals surface area (Å²) < 4.78 is 25.0. The van der Waals surface area contributed by atoms with Crippen LogP contribution in [0.5, 0.6) is 11.5 Å². The molecule has 4 aromatic carbocycles. The fourth-order valence-corrected chi connectivity index (χ4v) is 4.41. The van der Waals surface area contributed by atoms with E-state index in [4.69, 9.17) is 15.2 Å². The van der Waals surface area contributed by atoms with Gasteiger partial charge in [-0.2, -0.15) is 0 Å². The van der Waals surface area contributed by atoms with Crippen LogP contribution < -0.4 is 15.2 Å². The summed E-state index contributed by atoms with van der Waals surface area (Å²) in [6.45, 7) is 0.409. The van der Waals surface area contributed by atoms with E-state index >= 15 is 0 Å². The molecule has 0 bridgehead atoms. The third-order valence-corrected chi connectivity index (χ3v) is 6.44. The maximum Gasteiger partial charge on any atom is 0.225 e. The Morgan fingerprint density at radius 2 is 1.63 bits per heavy atom. The number of halogens is 1. The van der Waals surface area contributed by atoms with E-state index < -0.39 is 11.8 Å². The van der Waals surface area contributed by atoms with Crippen LogP contribution in [0.15, 0.2) is 97.3 Å². The first kappa shape index (κ1) is 24.9. The topological polar surface area (TPSA) is 87.3 Å². The summed E-state index contributed by atoms with van der Waals surface area (Å²) in [4.78, 5) is 21.1. The molecule has 0 saturated carbocycles. The molecule has 0 radical (unpaired) electrons. The number of hydrogen-bond acceptors (Lipinski definition) is 5. The zero-order valence-electron chi connectivity index (χ0n) is 20.8. The number of fused-ring (bicyclic) bond motifs is 1. The molecule has 2 N–H and O–H groups in total. The molecule has 6 nitrogen and oxygen atoms in total. The number of primary amides is 1. The van der Waals surface area contributed by atoms with E-state index in [1.807, 2.05) is 66.7 Å². The van der Waals surface area contributed by atoms with Crippen LogP contribution in [0.2, 0.25) is 0 Å². The molecule has 1 unspecified atom stereocenters. The Kier molecular flexibility index (Phi) is 7.26. The predicted octanol–water partition coefficient (Wildman–Crippen LogP) is 5.84. The van der Waals surface area contributed by atoms with E-state index in [1.54, 1.807) is 19.2 Å². The summed E-state index contributed by atoms with van der Waals surface area (Å²) in [7, 11) is 1.60. The average Bonchev–Trinajstić information content (AvgIpc) is 2.95. The molecular formula is C31H26FN3O3. The Balaban J connectivity index is 1.41. The fourth-order valence-electron chi connectivity index (χ4n) is 4.41. The van der Waals surface area contributed by atoms with Crippen LogP contribution >= 0.6 is 0 Å². The minimum absolute atomic E-state index is 0.357. The molecular weight excluding hydrogens is 481 g/mol. The van der Waals surface area contributed by atoms with Gasteiger partial charge in [0, 0.05) is 17.0 Å². The zero-order valence-corrected chi connectivity index (χ0v) is 20.8. The SMILES string of the molecule is COc1cc2c(-c3ccc(CC(C(N)=O)c4ccc(F)cc4)cc3)ncnc2cc1OCc1ccccc1. The fraction of sp³-hybridized carbons (Fsp3) is 0.129. The minimum Gasteiger partial charge on any atom is -0.493 e. The van der Waals surface area contributed by atoms with Crippen molar-refractivity contribution < 1.29 is 18.7 Å². The lowest BCUT2D eigenvalue weighted by Crippen LogP contribution is -2.23. The lowest BCUT2D eigenvalue weighted by atomic mass is 9.91. The van der Waals surface area contributed by atoms with Crippen LogP contribution in [0.4, 0.5) is 4.39 Å². The van der Waals surface area contributed by atoms with E-state index in [-0.39, 0.29) is 5.82 Å². The highest BCUT2D eigenvalue weighted by Gasteiger charge is 2.19. The Morgan fingerprint density at radius 1 is 0.895 bits per heavy atom. The summed E-state index contributed by atoms with van der Waals surface area (Å²) in [5.74, 6) is -0.184. The molecule has 0 fully saturated rings. The van der Waals surface area contributed by atoms with Crippen LogP contribution in [0.3, 0.4) is 0 Å². The summed E-state index contributed by atoms with van der Waals surface area (Å²) in [6.07, 6.45) is 1.93. The van der Waals surface area contributed by atoms with Crippen molar-refractivity contribution >= 4 is 16.8 Å². The number of nitrogens with zero attached hydrogens (tertiary/aromatic N) is 2. The third kappa shape index (κ3) is 5.47. The van der Waals surface area contributed by atoms with Gasteiger partial charge in [-0.1, -0.05) is 66.7 Å². The normalized spacial score (nSPS) is 11.7. The van der Waals surface area contributed by atoms with Crippen molar-refractivity contribution in [1.82, 2.24) is 9.97 Å². The molecule has 0 spiro atoms. The van der Waals surface area contributed by atoms with Gasteiger partial charge in [-0.15, -0.1) is 0 Å². The van der Waals surface area contributed by atoms with Crippen molar-refractivity contribution in [2.75, 3.05) is 7.11 Å². The molecule has 0 aliphatic carbocycles. The lowest BCUT2D eigenvalue weighted by molar-refractivity contribution is -0.119. The second kappa shape index (κ2) is 11.1. The first-order valence-electron chi connectivity index (χ1n) is 12.2. The lowest BCUT2D eigenvalue weighted by Gasteiger charge is -2.15. The highest BCUT2D eigenvalue weighted by Crippen LogP contribution is 2.36. The number of rotatable bonds is 9. The number of carbonyl (C=O) groups excluding carboxylic acids is 1. The van der Waals surface area contributed by atoms with Crippen molar-refractivity contribution in [1.29, 1.82) is 0 Å². The quantitative estimate of drug-likeness (QED) is 0.271. The molecule has 1 atom stereocenters. The predicted molar refractivity (Wildman–Crippen MR) is 144 cm³/mol. The average molecular weight is 508 g/mol. The van der Waals surface area contributed by atoms with Crippen molar-refractivity contribution in [3.05, 3.63) is 120 Å². The van der Waals surface area contributed by atoms with Gasteiger partial charge in [0.05, 0.1) is 24.2 Å². The first-order valence-corrected chi connectivity index (χ1v) is 12.2. The Morgan fingerprint density at radius 3 is 2.32 bits per heavy atom. The molecule has 7 heteroatoms. The molecule has 1 aromatic heterocycles. The van der Waals surface area contributed by atoms with Crippen LogP contribution in [0.1, 0.15) is 22.6 Å². The van der Waals surface area contributed by atoms with Crippen LogP contribution in [-0.2, 0) is 17.8 Å². The van der Waals surface area contributed by atoms with E-state index in [1.165, 1.54) is 18.5 Å². The summed E-state index contributed by atoms with van der Waals surface area (Å²) in [5, 5.41) is 0.825. The standard InChI is InChI=1S/C31H26FN3O3/c1-37-28-16-26-27(17-29(28)38-18-21-5-3-2-4-6-21)34-19-35-30(26)23-9-7-20(8-10-23)15-25(31(33)36)22-11-13-24(32)14-12-22/h2-14,16-17,19,25H,15,18H2,1H3,(H2,33,36). The highest BCUT2D eigenvalue weighted by molar-refractivity contribution is 5.94. The molecule has 0 aliphatic heterocycles. The second-order valence-electron chi connectivity index (χ2n) is 8.92. The van der Waals surface area contributed by atoms with Crippen molar-refractivity contribution in [3.63, 3.8) is 0 Å². The number of carbonyl (C=O) groups is 1. The van der Waals surface area contributed by atoms with Crippen LogP contribution in [-0.4, -0.2) is 23.0 Å². The zero-order chi connectivity index (χ0) is 26.5. The Labute approximate surface area is 219 Å². The van der Waals surface area contributed by atoms with Crippen LogP contribution in [0, 0.1) is 5.82 Å². The third-order valence-electron chi connectivity index (χ3n) is 6.44. The maximum absolute atomic E-state index is 13.3. The maximum atomic E-state index is 13.3. The molecule has 1 amide bonds. The van der Waals surface area contributed by atoms with Crippen molar-refractivity contribution in [3.8, 4) is 22.8 Å². The van der Waals surface area contributed by atoms with E-state index in [0.717, 1.165) is 33.3 Å². The van der Waals surface area contributed by atoms with Crippen molar-refractivity contribution in [2.45, 2.75) is 18.9 Å². The van der Waals surface area contributed by atoms with Gasteiger partial charge in [0.15, 0.2) is 11.5 Å². The number of aromatic nitrogens is 2. The number of methoxy groups -OCH3 is 1. The van der Waals surface area contributed by atoms with Crippen LogP contribution in [0.25, 0.3) is 22.2 Å². The molecule has 1 heterocycles. The molecule has 0 saturated heterocycles. The smallest absolute Gasteiger partial charge is 0.225 e. The van der Waals surface area contributed by atoms with E-state index in [0.29, 0.717) is 30.1 Å². The van der Waals surface area contributed by atoms with E-state index in [2.05, 4.69) is 9.97 Å². The van der Waals surface area contributed by atoms with Gasteiger partial charge in [-0.05, 0) is 41.3 Å². The summed E-state index contributed by atoms with van der Waals surface area (Å²) in [5.41, 5.74) is 10.7. The van der Waals surface area contributed by atoms with Gasteiger partial charge in [0.1, 0.15) is 18.8 Å². The summed E-state index contributed by atoms with van der Waals surface area (Å²) in [6, 6.07) is 27.3. The number of ether oxygens (including phenoxy) is 2. The Hall–Kier alpha value is -4.78. The minimum atomic E-state index is -0.556. The van der Waals surface area contributed by atoms with Gasteiger partial charge in [-0.25, -0.2) is 14.4 Å². The monoisotopic (exact) mass is 507 g/mol. The van der Waals surface area contributed by atoms with Gasteiger partial charge in [-0.3, -0.25) is 4.79 Å². The first-order chi connectivity index (χ1) is 18.5.